The Morgan fingerprint density at radius 1 is 0.872 bits per heavy atom. The van der Waals surface area contributed by atoms with Crippen molar-refractivity contribution in [1.29, 1.82) is 0 Å². The fraction of sp³-hybridized carbons (Fsp3) is 0.212. The Balaban J connectivity index is 1.84. The van der Waals surface area contributed by atoms with Gasteiger partial charge < -0.3 is 18.8 Å². The average Bonchev–Trinajstić information content (AvgIpc) is 3.32. The van der Waals surface area contributed by atoms with E-state index in [9.17, 15) is 9.59 Å². The second-order valence-electron chi connectivity index (χ2n) is 9.13. The number of ether oxygens (including phenoxy) is 3. The standard InChI is InChI=1S/C33H33NO5/c1-5-12-27(35)18-17-25-20-29(32(38-4)30(21-25)37-3)34-23(2)19-28(31(34)26-15-10-7-11-16-26)33(36)39-22-24-13-8-6-9-14-24/h5-16,19-21H,17-18,22H2,1-4H3/b12-5+. The molecule has 6 nitrogen and oxygen atoms in total. The normalized spacial score (nSPS) is 11.0. The Kier molecular flexibility index (Phi) is 9.00. The fourth-order valence-electron chi connectivity index (χ4n) is 4.63. The highest BCUT2D eigenvalue weighted by Crippen LogP contribution is 2.40. The Morgan fingerprint density at radius 2 is 1.56 bits per heavy atom. The molecule has 3 aromatic carbocycles. The van der Waals surface area contributed by atoms with Crippen LogP contribution in [-0.2, 0) is 22.6 Å². The van der Waals surface area contributed by atoms with Gasteiger partial charge in [-0.3, -0.25) is 4.79 Å². The highest BCUT2D eigenvalue weighted by Gasteiger charge is 2.25. The summed E-state index contributed by atoms with van der Waals surface area (Å²) >= 11 is 0. The summed E-state index contributed by atoms with van der Waals surface area (Å²) in [5.74, 6) is 0.711. The first-order valence-electron chi connectivity index (χ1n) is 12.9. The quantitative estimate of drug-likeness (QED) is 0.158. The molecule has 200 valence electrons. The van der Waals surface area contributed by atoms with Crippen molar-refractivity contribution in [1.82, 2.24) is 4.57 Å². The minimum absolute atomic E-state index is 0.0550. The predicted molar refractivity (Wildman–Crippen MR) is 153 cm³/mol. The van der Waals surface area contributed by atoms with Crippen molar-refractivity contribution >= 4 is 11.8 Å². The van der Waals surface area contributed by atoms with Gasteiger partial charge in [-0.1, -0.05) is 66.7 Å². The molecule has 0 atom stereocenters. The summed E-state index contributed by atoms with van der Waals surface area (Å²) < 4.78 is 19.2. The highest BCUT2D eigenvalue weighted by atomic mass is 16.5. The van der Waals surface area contributed by atoms with Gasteiger partial charge in [0.05, 0.1) is 31.2 Å². The van der Waals surface area contributed by atoms with Crippen LogP contribution in [0.15, 0.2) is 91.0 Å². The number of hydrogen-bond donors (Lipinski definition) is 0. The van der Waals surface area contributed by atoms with Gasteiger partial charge >= 0.3 is 5.97 Å². The molecule has 0 N–H and O–H groups in total. The van der Waals surface area contributed by atoms with Gasteiger partial charge in [-0.15, -0.1) is 0 Å². The number of aromatic nitrogens is 1. The first-order valence-corrected chi connectivity index (χ1v) is 12.9. The average molecular weight is 524 g/mol. The molecule has 4 rings (SSSR count). The monoisotopic (exact) mass is 523 g/mol. The van der Waals surface area contributed by atoms with Gasteiger partial charge in [-0.2, -0.15) is 0 Å². The van der Waals surface area contributed by atoms with E-state index in [4.69, 9.17) is 14.2 Å². The molecule has 0 aliphatic carbocycles. The van der Waals surface area contributed by atoms with Crippen LogP contribution < -0.4 is 9.47 Å². The number of nitrogens with zero attached hydrogens (tertiary/aromatic N) is 1. The Labute approximate surface area is 229 Å². The van der Waals surface area contributed by atoms with E-state index in [2.05, 4.69) is 0 Å². The molecular weight excluding hydrogens is 490 g/mol. The summed E-state index contributed by atoms with van der Waals surface area (Å²) in [7, 11) is 3.18. The van der Waals surface area contributed by atoms with Crippen LogP contribution in [0.4, 0.5) is 0 Å². The minimum Gasteiger partial charge on any atom is -0.493 e. The van der Waals surface area contributed by atoms with Crippen LogP contribution >= 0.6 is 0 Å². The van der Waals surface area contributed by atoms with Crippen LogP contribution in [0.5, 0.6) is 11.5 Å². The van der Waals surface area contributed by atoms with Crippen molar-refractivity contribution in [3.63, 3.8) is 0 Å². The van der Waals surface area contributed by atoms with Crippen molar-refractivity contribution in [2.24, 2.45) is 0 Å². The van der Waals surface area contributed by atoms with E-state index in [1.807, 2.05) is 97.3 Å². The summed E-state index contributed by atoms with van der Waals surface area (Å²) in [5, 5.41) is 0. The fourth-order valence-corrected chi connectivity index (χ4v) is 4.63. The number of aryl methyl sites for hydroxylation is 2. The summed E-state index contributed by atoms with van der Waals surface area (Å²) in [4.78, 5) is 25.6. The molecule has 0 unspecified atom stereocenters. The zero-order valence-corrected chi connectivity index (χ0v) is 22.8. The Bertz CT molecular complexity index is 1470. The molecule has 1 aromatic heterocycles. The van der Waals surface area contributed by atoms with E-state index in [0.717, 1.165) is 22.4 Å². The Hall–Kier alpha value is -4.58. The summed E-state index contributed by atoms with van der Waals surface area (Å²) in [5.41, 5.74) is 5.35. The van der Waals surface area contributed by atoms with Crippen molar-refractivity contribution in [3.05, 3.63) is 113 Å². The molecule has 0 radical (unpaired) electrons. The SMILES string of the molecule is C/C=C/C(=O)CCc1cc(OC)c(OC)c(-n2c(C)cc(C(=O)OCc3ccccc3)c2-c2ccccc2)c1. The third kappa shape index (κ3) is 6.29. The van der Waals surface area contributed by atoms with Gasteiger partial charge in [0.15, 0.2) is 17.3 Å². The van der Waals surface area contributed by atoms with Crippen molar-refractivity contribution in [3.8, 4) is 28.4 Å². The maximum absolute atomic E-state index is 13.5. The molecule has 0 bridgehead atoms. The molecule has 0 amide bonds. The van der Waals surface area contributed by atoms with Crippen LogP contribution in [0.1, 0.15) is 40.5 Å². The lowest BCUT2D eigenvalue weighted by atomic mass is 10.0. The lowest BCUT2D eigenvalue weighted by Crippen LogP contribution is -2.09. The number of carbonyl (C=O) groups is 2. The molecule has 0 saturated heterocycles. The first kappa shape index (κ1) is 27.5. The number of rotatable bonds is 11. The van der Waals surface area contributed by atoms with E-state index < -0.39 is 5.97 Å². The summed E-state index contributed by atoms with van der Waals surface area (Å²) in [6.45, 7) is 3.94. The van der Waals surface area contributed by atoms with Crippen LogP contribution in [0.3, 0.4) is 0 Å². The topological polar surface area (TPSA) is 66.8 Å². The molecule has 39 heavy (non-hydrogen) atoms. The maximum atomic E-state index is 13.5. The van der Waals surface area contributed by atoms with E-state index >= 15 is 0 Å². The number of ketones is 1. The summed E-state index contributed by atoms with van der Waals surface area (Å²) in [6.07, 6.45) is 4.23. The number of carbonyl (C=O) groups excluding carboxylic acids is 2. The van der Waals surface area contributed by atoms with Gasteiger partial charge in [0.25, 0.3) is 0 Å². The van der Waals surface area contributed by atoms with Crippen LogP contribution in [0.25, 0.3) is 16.9 Å². The molecule has 6 heteroatoms. The maximum Gasteiger partial charge on any atom is 0.340 e. The number of hydrogen-bond acceptors (Lipinski definition) is 5. The van der Waals surface area contributed by atoms with Gasteiger partial charge in [-0.05, 0) is 61.2 Å². The molecule has 4 aromatic rings. The van der Waals surface area contributed by atoms with Crippen LogP contribution in [0, 0.1) is 6.92 Å². The second kappa shape index (κ2) is 12.8. The molecule has 0 saturated carbocycles. The summed E-state index contributed by atoms with van der Waals surface area (Å²) in [6, 6.07) is 25.0. The first-order chi connectivity index (χ1) is 19.0. The lowest BCUT2D eigenvalue weighted by molar-refractivity contribution is -0.114. The number of benzene rings is 3. The van der Waals surface area contributed by atoms with Gasteiger partial charge in [0.1, 0.15) is 6.61 Å². The molecule has 0 aliphatic heterocycles. The number of esters is 1. The Morgan fingerprint density at radius 3 is 2.21 bits per heavy atom. The van der Waals surface area contributed by atoms with Crippen molar-refractivity contribution in [2.45, 2.75) is 33.3 Å². The van der Waals surface area contributed by atoms with E-state index in [1.165, 1.54) is 0 Å². The van der Waals surface area contributed by atoms with Crippen LogP contribution in [-0.4, -0.2) is 30.5 Å². The highest BCUT2D eigenvalue weighted by molar-refractivity contribution is 5.98. The van der Waals surface area contributed by atoms with Gasteiger partial charge in [0, 0.05) is 12.1 Å². The van der Waals surface area contributed by atoms with Crippen molar-refractivity contribution < 1.29 is 23.8 Å². The third-order valence-corrected chi connectivity index (χ3v) is 6.44. The molecule has 1 heterocycles. The van der Waals surface area contributed by atoms with Crippen LogP contribution in [0.2, 0.25) is 0 Å². The molecule has 0 aliphatic rings. The zero-order valence-electron chi connectivity index (χ0n) is 22.8. The van der Waals surface area contributed by atoms with Crippen molar-refractivity contribution in [2.75, 3.05) is 14.2 Å². The number of methoxy groups -OCH3 is 2. The minimum atomic E-state index is -0.418. The largest absolute Gasteiger partial charge is 0.493 e. The molecule has 0 spiro atoms. The third-order valence-electron chi connectivity index (χ3n) is 6.44. The smallest absolute Gasteiger partial charge is 0.340 e. The number of allylic oxidation sites excluding steroid dienone is 2. The zero-order chi connectivity index (χ0) is 27.8. The van der Waals surface area contributed by atoms with Gasteiger partial charge in [-0.25, -0.2) is 4.79 Å². The second-order valence-corrected chi connectivity index (χ2v) is 9.13. The van der Waals surface area contributed by atoms with Gasteiger partial charge in [0.2, 0.25) is 0 Å². The predicted octanol–water partition coefficient (Wildman–Crippen LogP) is 6.90. The van der Waals surface area contributed by atoms with E-state index in [1.54, 1.807) is 26.4 Å². The molecular formula is C33H33NO5. The molecule has 0 fully saturated rings. The lowest BCUT2D eigenvalue weighted by Gasteiger charge is -2.20. The van der Waals surface area contributed by atoms with E-state index in [0.29, 0.717) is 41.3 Å². The van der Waals surface area contributed by atoms with E-state index in [-0.39, 0.29) is 12.4 Å².